The van der Waals surface area contributed by atoms with Crippen LogP contribution in [0.25, 0.3) is 22.3 Å². The van der Waals surface area contributed by atoms with Gasteiger partial charge in [0.2, 0.25) is 0 Å². The molecule has 3 aliphatic heterocycles. The van der Waals surface area contributed by atoms with Gasteiger partial charge in [-0.3, -0.25) is 5.10 Å². The van der Waals surface area contributed by atoms with Gasteiger partial charge in [0.1, 0.15) is 5.82 Å². The number of aromatic nitrogens is 4. The first kappa shape index (κ1) is 20.4. The molecule has 0 bridgehead atoms. The van der Waals surface area contributed by atoms with E-state index in [0.717, 1.165) is 84.1 Å². The van der Waals surface area contributed by atoms with Crippen LogP contribution in [0.15, 0.2) is 29.3 Å². The number of fused-ring (bicyclic) bond motifs is 2. The normalized spacial score (nSPS) is 23.6. The molecule has 0 amide bonds. The molecule has 3 aromatic rings. The van der Waals surface area contributed by atoms with Crippen molar-refractivity contribution in [2.45, 2.75) is 35.0 Å². The lowest BCUT2D eigenvalue weighted by Gasteiger charge is -2.40. The average molecular weight is 453 g/mol. The molecule has 0 aliphatic carbocycles. The highest BCUT2D eigenvalue weighted by molar-refractivity contribution is 8.00. The predicted molar refractivity (Wildman–Crippen MR) is 125 cm³/mol. The summed E-state index contributed by atoms with van der Waals surface area (Å²) >= 11 is 1.78. The zero-order chi connectivity index (χ0) is 21.7. The summed E-state index contributed by atoms with van der Waals surface area (Å²) in [5.74, 6) is 1.71. The zero-order valence-electron chi connectivity index (χ0n) is 18.3. The third kappa shape index (κ3) is 3.48. The highest BCUT2D eigenvalue weighted by Crippen LogP contribution is 2.48. The van der Waals surface area contributed by atoms with Crippen LogP contribution in [-0.4, -0.2) is 87.5 Å². The van der Waals surface area contributed by atoms with Crippen LogP contribution in [0.1, 0.15) is 18.5 Å². The molecule has 8 nitrogen and oxygen atoms in total. The molecule has 168 valence electrons. The first-order chi connectivity index (χ1) is 15.6. The fourth-order valence-electron chi connectivity index (χ4n) is 5.00. The Morgan fingerprint density at radius 1 is 1.16 bits per heavy atom. The molecular weight excluding hydrogens is 424 g/mol. The second-order valence-corrected chi connectivity index (χ2v) is 10.3. The van der Waals surface area contributed by atoms with Gasteiger partial charge >= 0.3 is 0 Å². The first-order valence-electron chi connectivity index (χ1n) is 11.3. The van der Waals surface area contributed by atoms with Gasteiger partial charge < -0.3 is 19.6 Å². The molecule has 5 heterocycles. The number of likely N-dealkylation sites (tertiary alicyclic amines) is 1. The summed E-state index contributed by atoms with van der Waals surface area (Å²) in [5.41, 5.74) is 2.36. The van der Waals surface area contributed by atoms with Crippen LogP contribution in [0.3, 0.4) is 0 Å². The average Bonchev–Trinajstić information content (AvgIpc) is 3.48. The van der Waals surface area contributed by atoms with E-state index >= 15 is 0 Å². The van der Waals surface area contributed by atoms with E-state index in [1.807, 2.05) is 18.3 Å². The van der Waals surface area contributed by atoms with E-state index in [1.54, 1.807) is 11.8 Å². The molecule has 2 fully saturated rings. The van der Waals surface area contributed by atoms with Gasteiger partial charge in [0.15, 0.2) is 5.82 Å². The number of piperidine rings is 1. The Morgan fingerprint density at radius 2 is 1.97 bits per heavy atom. The van der Waals surface area contributed by atoms with E-state index < -0.39 is 5.60 Å². The van der Waals surface area contributed by atoms with Crippen molar-refractivity contribution < 1.29 is 9.84 Å². The number of benzene rings is 1. The van der Waals surface area contributed by atoms with E-state index in [0.29, 0.717) is 13.2 Å². The van der Waals surface area contributed by atoms with E-state index in [9.17, 15) is 5.11 Å². The summed E-state index contributed by atoms with van der Waals surface area (Å²) in [5, 5.41) is 19.9. The summed E-state index contributed by atoms with van der Waals surface area (Å²) in [4.78, 5) is 15.9. The standard InChI is InChI=1S/C23H28N6O2S/c1-28-7-5-23(30,6-8-28)19-13-18-20(32-19)22(29-9-11-31-12-10-29)26-21(25-18)15-3-2-4-17-16(15)14-24-27-17/h2-4,14,19,30H,5-13H2,1H3,(H,24,27). The Balaban J connectivity index is 1.42. The van der Waals surface area contributed by atoms with Gasteiger partial charge in [0, 0.05) is 48.8 Å². The van der Waals surface area contributed by atoms with E-state index in [-0.39, 0.29) is 5.25 Å². The molecule has 32 heavy (non-hydrogen) atoms. The van der Waals surface area contributed by atoms with E-state index in [4.69, 9.17) is 14.7 Å². The molecule has 9 heteroatoms. The number of aliphatic hydroxyl groups is 1. The minimum atomic E-state index is -0.662. The maximum Gasteiger partial charge on any atom is 0.162 e. The number of rotatable bonds is 3. The topological polar surface area (TPSA) is 90.4 Å². The Hall–Kier alpha value is -2.20. The summed E-state index contributed by atoms with van der Waals surface area (Å²) in [6, 6.07) is 6.09. The van der Waals surface area contributed by atoms with Crippen LogP contribution in [0.4, 0.5) is 5.82 Å². The van der Waals surface area contributed by atoms with Gasteiger partial charge in [0.05, 0.1) is 41.1 Å². The van der Waals surface area contributed by atoms with E-state index in [1.165, 1.54) is 0 Å². The number of morpholine rings is 1. The van der Waals surface area contributed by atoms with Gasteiger partial charge in [-0.25, -0.2) is 9.97 Å². The van der Waals surface area contributed by atoms with Crippen LogP contribution in [0.2, 0.25) is 0 Å². The van der Waals surface area contributed by atoms with Gasteiger partial charge in [-0.2, -0.15) is 5.10 Å². The van der Waals surface area contributed by atoms with Crippen molar-refractivity contribution in [3.63, 3.8) is 0 Å². The Kier molecular flexibility index (Phi) is 5.09. The van der Waals surface area contributed by atoms with Crippen LogP contribution in [0, 0.1) is 0 Å². The second-order valence-electron chi connectivity index (χ2n) is 9.10. The number of hydrogen-bond acceptors (Lipinski definition) is 8. The van der Waals surface area contributed by atoms with Crippen molar-refractivity contribution in [1.82, 2.24) is 25.1 Å². The largest absolute Gasteiger partial charge is 0.389 e. The molecule has 1 unspecified atom stereocenters. The van der Waals surface area contributed by atoms with Gasteiger partial charge in [-0.1, -0.05) is 12.1 Å². The molecule has 2 saturated heterocycles. The number of thioether (sulfide) groups is 1. The summed E-state index contributed by atoms with van der Waals surface area (Å²) in [7, 11) is 2.13. The number of nitrogens with one attached hydrogen (secondary N) is 1. The zero-order valence-corrected chi connectivity index (χ0v) is 19.1. The SMILES string of the molecule is CN1CCC(O)(C2Cc3nc(-c4cccc5[nH]ncc45)nc(N4CCOCC4)c3S2)CC1. The predicted octanol–water partition coefficient (Wildman–Crippen LogP) is 2.33. The molecule has 1 aromatic carbocycles. The minimum absolute atomic E-state index is 0.111. The molecule has 1 atom stereocenters. The highest BCUT2D eigenvalue weighted by Gasteiger charge is 2.44. The lowest BCUT2D eigenvalue weighted by molar-refractivity contribution is -0.0163. The maximum absolute atomic E-state index is 11.5. The number of H-pyrrole nitrogens is 1. The molecule has 0 radical (unpaired) electrons. The molecule has 0 saturated carbocycles. The molecular formula is C23H28N6O2S. The highest BCUT2D eigenvalue weighted by atomic mass is 32.2. The van der Waals surface area contributed by atoms with Crippen LogP contribution in [0.5, 0.6) is 0 Å². The molecule has 2 N–H and O–H groups in total. The number of ether oxygens (including phenoxy) is 1. The monoisotopic (exact) mass is 452 g/mol. The number of hydrogen-bond donors (Lipinski definition) is 2. The van der Waals surface area contributed by atoms with Crippen molar-refractivity contribution in [3.8, 4) is 11.4 Å². The quantitative estimate of drug-likeness (QED) is 0.626. The Bertz CT molecular complexity index is 1140. The molecule has 0 spiro atoms. The van der Waals surface area contributed by atoms with Gasteiger partial charge in [0.25, 0.3) is 0 Å². The van der Waals surface area contributed by atoms with E-state index in [2.05, 4.69) is 33.1 Å². The van der Waals surface area contributed by atoms with Crippen LogP contribution >= 0.6 is 11.8 Å². The number of aromatic amines is 1. The minimum Gasteiger partial charge on any atom is -0.389 e. The second kappa shape index (κ2) is 7.98. The van der Waals surface area contributed by atoms with Crippen molar-refractivity contribution in [2.75, 3.05) is 51.3 Å². The van der Waals surface area contributed by atoms with Crippen molar-refractivity contribution in [2.24, 2.45) is 0 Å². The van der Waals surface area contributed by atoms with Crippen molar-refractivity contribution in [3.05, 3.63) is 30.1 Å². The fourth-order valence-corrected chi connectivity index (χ4v) is 6.53. The first-order valence-corrected chi connectivity index (χ1v) is 12.2. The smallest absolute Gasteiger partial charge is 0.162 e. The molecule has 6 rings (SSSR count). The van der Waals surface area contributed by atoms with Gasteiger partial charge in [-0.05, 0) is 26.0 Å². The summed E-state index contributed by atoms with van der Waals surface area (Å²) in [6.07, 6.45) is 4.22. The maximum atomic E-state index is 11.5. The Labute approximate surface area is 191 Å². The molecule has 3 aliphatic rings. The third-order valence-electron chi connectivity index (χ3n) is 7.05. The number of nitrogens with zero attached hydrogens (tertiary/aromatic N) is 5. The Morgan fingerprint density at radius 3 is 2.78 bits per heavy atom. The lowest BCUT2D eigenvalue weighted by Crippen LogP contribution is -2.49. The lowest BCUT2D eigenvalue weighted by atomic mass is 9.86. The third-order valence-corrected chi connectivity index (χ3v) is 8.59. The summed E-state index contributed by atoms with van der Waals surface area (Å²) < 4.78 is 5.60. The van der Waals surface area contributed by atoms with Crippen LogP contribution < -0.4 is 4.90 Å². The van der Waals surface area contributed by atoms with Crippen LogP contribution in [-0.2, 0) is 11.2 Å². The number of anilines is 1. The van der Waals surface area contributed by atoms with Gasteiger partial charge in [-0.15, -0.1) is 11.8 Å². The van der Waals surface area contributed by atoms with Crippen molar-refractivity contribution in [1.29, 1.82) is 0 Å². The summed E-state index contributed by atoms with van der Waals surface area (Å²) in [6.45, 7) is 4.91. The molecule has 2 aromatic heterocycles. The van der Waals surface area contributed by atoms with Crippen molar-refractivity contribution >= 4 is 28.5 Å². The fraction of sp³-hybridized carbons (Fsp3) is 0.522.